The fourth-order valence-electron chi connectivity index (χ4n) is 3.20. The van der Waals surface area contributed by atoms with Crippen LogP contribution in [0.1, 0.15) is 42.1 Å². The lowest BCUT2D eigenvalue weighted by Crippen LogP contribution is -2.37. The van der Waals surface area contributed by atoms with Crippen molar-refractivity contribution in [3.05, 3.63) is 58.7 Å². The Morgan fingerprint density at radius 1 is 1.12 bits per heavy atom. The molecule has 0 bridgehead atoms. The zero-order chi connectivity index (χ0) is 18.8. The minimum absolute atomic E-state index is 0.148. The molecule has 0 radical (unpaired) electrons. The minimum atomic E-state index is -0.987. The van der Waals surface area contributed by atoms with Crippen LogP contribution in [0.2, 0.25) is 0 Å². The van der Waals surface area contributed by atoms with Crippen LogP contribution < -0.4 is 5.73 Å². The molecule has 0 spiro atoms. The lowest BCUT2D eigenvalue weighted by molar-refractivity contribution is 0.667. The molecule has 3 unspecified atom stereocenters. The van der Waals surface area contributed by atoms with E-state index in [0.29, 0.717) is 11.6 Å². The summed E-state index contributed by atoms with van der Waals surface area (Å²) < 4.78 is 12.3. The molecule has 4 heteroatoms. The molecule has 1 heterocycles. The van der Waals surface area contributed by atoms with Crippen molar-refractivity contribution in [2.45, 2.75) is 39.0 Å². The van der Waals surface area contributed by atoms with Crippen LogP contribution in [0, 0.1) is 25.7 Å². The van der Waals surface area contributed by atoms with Crippen molar-refractivity contribution in [2.24, 2.45) is 10.7 Å². The predicted molar refractivity (Wildman–Crippen MR) is 111 cm³/mol. The van der Waals surface area contributed by atoms with Gasteiger partial charge in [-0.1, -0.05) is 24.1 Å². The van der Waals surface area contributed by atoms with Crippen molar-refractivity contribution in [3.8, 4) is 23.0 Å². The Labute approximate surface area is 158 Å². The third-order valence-electron chi connectivity index (χ3n) is 4.88. The van der Waals surface area contributed by atoms with Gasteiger partial charge in [-0.2, -0.15) is 0 Å². The van der Waals surface area contributed by atoms with Gasteiger partial charge in [-0.25, -0.2) is 0 Å². The molecular weight excluding hydrogens is 340 g/mol. The molecule has 2 N–H and O–H groups in total. The Bertz CT molecular complexity index is 966. The molecule has 1 aliphatic heterocycles. The fraction of sp³-hybridized carbons (Fsp3) is 0.318. The second-order valence-electron chi connectivity index (χ2n) is 6.74. The molecule has 134 valence electrons. The maximum atomic E-state index is 12.3. The van der Waals surface area contributed by atoms with Crippen LogP contribution >= 0.6 is 0 Å². The second kappa shape index (κ2) is 7.47. The van der Waals surface area contributed by atoms with E-state index in [1.54, 1.807) is 0 Å². The van der Waals surface area contributed by atoms with E-state index in [9.17, 15) is 4.21 Å². The molecule has 3 nitrogen and oxygen atoms in total. The van der Waals surface area contributed by atoms with Crippen molar-refractivity contribution >= 4 is 16.6 Å². The molecule has 0 aliphatic carbocycles. The summed E-state index contributed by atoms with van der Waals surface area (Å²) in [5.41, 5.74) is 12.8. The Morgan fingerprint density at radius 3 is 2.42 bits per heavy atom. The van der Waals surface area contributed by atoms with Gasteiger partial charge >= 0.3 is 0 Å². The van der Waals surface area contributed by atoms with E-state index in [0.717, 1.165) is 16.7 Å². The smallest absolute Gasteiger partial charge is 0.110 e. The lowest BCUT2D eigenvalue weighted by Gasteiger charge is -2.24. The van der Waals surface area contributed by atoms with Gasteiger partial charge in [0.05, 0.1) is 17.0 Å². The summed E-state index contributed by atoms with van der Waals surface area (Å²) >= 11 is 0. The number of nitrogens with two attached hydrogens (primary N) is 1. The average Bonchev–Trinajstić information content (AvgIpc) is 2.62. The number of hydrogen-bond donors (Lipinski definition) is 1. The number of aryl methyl sites for hydroxylation is 2. The topological polar surface area (TPSA) is 55.5 Å². The third-order valence-corrected chi connectivity index (χ3v) is 6.56. The predicted octanol–water partition coefficient (Wildman–Crippen LogP) is 3.89. The van der Waals surface area contributed by atoms with Crippen LogP contribution in [0.15, 0.2) is 41.4 Å². The number of amidine groups is 1. The number of nitrogens with zero attached hydrogens (tertiary/aromatic N) is 1. The van der Waals surface area contributed by atoms with Crippen LogP contribution in [0.3, 0.4) is 0 Å². The quantitative estimate of drug-likeness (QED) is 0.822. The highest BCUT2D eigenvalue weighted by Crippen LogP contribution is 2.32. The largest absolute Gasteiger partial charge is 0.386 e. The van der Waals surface area contributed by atoms with Gasteiger partial charge in [0.15, 0.2) is 0 Å². The molecule has 2 aromatic carbocycles. The van der Waals surface area contributed by atoms with Crippen molar-refractivity contribution < 1.29 is 4.21 Å². The summed E-state index contributed by atoms with van der Waals surface area (Å²) in [4.78, 5) is 4.60. The van der Waals surface area contributed by atoms with E-state index in [1.807, 2.05) is 19.9 Å². The maximum absolute atomic E-state index is 12.3. The van der Waals surface area contributed by atoms with E-state index in [1.165, 1.54) is 16.7 Å². The van der Waals surface area contributed by atoms with Gasteiger partial charge < -0.3 is 5.73 Å². The molecule has 0 aromatic heterocycles. The van der Waals surface area contributed by atoms with E-state index >= 15 is 0 Å². The molecule has 26 heavy (non-hydrogen) atoms. The first kappa shape index (κ1) is 18.4. The second-order valence-corrected chi connectivity index (χ2v) is 8.54. The summed E-state index contributed by atoms with van der Waals surface area (Å²) in [5, 5.41) is -0.164. The number of benzene rings is 2. The van der Waals surface area contributed by atoms with Gasteiger partial charge in [0.1, 0.15) is 5.84 Å². The zero-order valence-electron chi connectivity index (χ0n) is 15.7. The Hall–Kier alpha value is -2.38. The Morgan fingerprint density at radius 2 is 1.77 bits per heavy atom. The molecule has 2 aromatic rings. The summed E-state index contributed by atoms with van der Waals surface area (Å²) in [6.07, 6.45) is 0. The molecule has 3 rings (SSSR count). The molecule has 0 saturated carbocycles. The van der Waals surface area contributed by atoms with Crippen LogP contribution in [-0.2, 0) is 10.8 Å². The van der Waals surface area contributed by atoms with Gasteiger partial charge in [0.25, 0.3) is 0 Å². The summed E-state index contributed by atoms with van der Waals surface area (Å²) in [6.45, 7) is 7.93. The summed E-state index contributed by atoms with van der Waals surface area (Å²) in [5.74, 6) is 7.09. The number of hydrogen-bond acceptors (Lipinski definition) is 3. The summed E-state index contributed by atoms with van der Waals surface area (Å²) in [7, 11) is -0.987. The van der Waals surface area contributed by atoms with Crippen molar-refractivity contribution in [3.63, 3.8) is 0 Å². The normalized spacial score (nSPS) is 22.3. The van der Waals surface area contributed by atoms with Crippen molar-refractivity contribution in [1.29, 1.82) is 0 Å². The van der Waals surface area contributed by atoms with Crippen LogP contribution in [0.5, 0.6) is 0 Å². The molecule has 1 aliphatic rings. The van der Waals surface area contributed by atoms with E-state index in [-0.39, 0.29) is 11.3 Å². The number of aliphatic imine (C=N–C) groups is 1. The molecule has 0 amide bonds. The molecule has 3 atom stereocenters. The van der Waals surface area contributed by atoms with Gasteiger partial charge in [-0.05, 0) is 73.7 Å². The maximum Gasteiger partial charge on any atom is 0.110 e. The molecular formula is C22H24N2OS. The molecule has 0 fully saturated rings. The minimum Gasteiger partial charge on any atom is -0.386 e. The summed E-state index contributed by atoms with van der Waals surface area (Å²) in [6, 6.07) is 12.5. The van der Waals surface area contributed by atoms with Gasteiger partial charge in [-0.15, -0.1) is 5.92 Å². The van der Waals surface area contributed by atoms with Gasteiger partial charge in [0.2, 0.25) is 0 Å². The molecule has 0 saturated heterocycles. The van der Waals surface area contributed by atoms with Crippen LogP contribution in [-0.4, -0.2) is 21.0 Å². The monoisotopic (exact) mass is 364 g/mol. The Kier molecular flexibility index (Phi) is 5.29. The van der Waals surface area contributed by atoms with E-state index < -0.39 is 10.8 Å². The first-order chi connectivity index (χ1) is 12.4. The SMILES string of the molecule is CC#Cc1ccc(C)c(-c2cc(C3CS(=O)C(C)C(N)=N3)ccc2C)c1. The van der Waals surface area contributed by atoms with E-state index in [2.05, 4.69) is 61.0 Å². The van der Waals surface area contributed by atoms with Gasteiger partial charge in [0, 0.05) is 16.4 Å². The fourth-order valence-corrected chi connectivity index (χ4v) is 4.40. The zero-order valence-corrected chi connectivity index (χ0v) is 16.5. The highest BCUT2D eigenvalue weighted by Gasteiger charge is 2.27. The van der Waals surface area contributed by atoms with Crippen LogP contribution in [0.25, 0.3) is 11.1 Å². The highest BCUT2D eigenvalue weighted by molar-refractivity contribution is 7.86. The first-order valence-corrected chi connectivity index (χ1v) is 10.1. The highest BCUT2D eigenvalue weighted by atomic mass is 32.2. The van der Waals surface area contributed by atoms with Crippen LogP contribution in [0.4, 0.5) is 0 Å². The standard InChI is InChI=1S/C22H24N2OS/c1-5-6-17-9-7-14(2)19(11-17)20-12-18(10-8-15(20)3)21-13-26(25)16(4)22(23)24-21/h7-12,16,21H,13H2,1-4H3,(H2,23,24). The lowest BCUT2D eigenvalue weighted by atomic mass is 9.92. The third kappa shape index (κ3) is 3.59. The first-order valence-electron chi connectivity index (χ1n) is 8.75. The number of rotatable bonds is 2. The van der Waals surface area contributed by atoms with Gasteiger partial charge in [-0.3, -0.25) is 9.20 Å². The van der Waals surface area contributed by atoms with E-state index in [4.69, 9.17) is 5.73 Å². The Balaban J connectivity index is 2.08. The van der Waals surface area contributed by atoms with Crippen molar-refractivity contribution in [2.75, 3.05) is 5.75 Å². The van der Waals surface area contributed by atoms with Crippen molar-refractivity contribution in [1.82, 2.24) is 0 Å². The average molecular weight is 365 g/mol.